The summed E-state index contributed by atoms with van der Waals surface area (Å²) in [5.41, 5.74) is 4.18. The van der Waals surface area contributed by atoms with E-state index in [2.05, 4.69) is 40.5 Å². The van der Waals surface area contributed by atoms with Crippen LogP contribution < -0.4 is 10.1 Å². The third kappa shape index (κ3) is 6.67. The van der Waals surface area contributed by atoms with E-state index in [1.165, 1.54) is 5.56 Å². The van der Waals surface area contributed by atoms with Crippen LogP contribution in [0.15, 0.2) is 78.9 Å². The average molecular weight is 431 g/mol. The fourth-order valence-corrected chi connectivity index (χ4v) is 3.74. The predicted molar refractivity (Wildman–Crippen MR) is 126 cm³/mol. The number of rotatable bonds is 9. The molecule has 0 atom stereocenters. The van der Waals surface area contributed by atoms with E-state index in [1.807, 2.05) is 48.5 Å². The summed E-state index contributed by atoms with van der Waals surface area (Å²) >= 11 is 0. The predicted octanol–water partition coefficient (Wildman–Crippen LogP) is 4.07. The highest BCUT2D eigenvalue weighted by Gasteiger charge is 2.12. The van der Waals surface area contributed by atoms with Crippen LogP contribution in [-0.2, 0) is 24.3 Å². The van der Waals surface area contributed by atoms with Crippen molar-refractivity contribution in [3.05, 3.63) is 101 Å². The fraction of sp³-hybridized carbons (Fsp3) is 0.296. The van der Waals surface area contributed by atoms with Crippen molar-refractivity contribution in [2.24, 2.45) is 0 Å². The van der Waals surface area contributed by atoms with Gasteiger partial charge in [-0.3, -0.25) is 9.69 Å². The molecule has 5 heteroatoms. The summed E-state index contributed by atoms with van der Waals surface area (Å²) in [4.78, 5) is 14.9. The number of hydrogen-bond donors (Lipinski definition) is 1. The standard InChI is InChI=1S/C27H30N2O3/c30-27(25-8-4-7-24(19-25)20-29-15-17-31-18-16-29)28-14-13-22-9-11-26(12-10-22)32-21-23-5-2-1-3-6-23/h1-12,19H,13-18,20-21H2,(H,28,30). The number of ether oxygens (including phenoxy) is 2. The Morgan fingerprint density at radius 1 is 0.875 bits per heavy atom. The molecule has 0 aromatic heterocycles. The van der Waals surface area contributed by atoms with E-state index < -0.39 is 0 Å². The lowest BCUT2D eigenvalue weighted by Gasteiger charge is -2.26. The van der Waals surface area contributed by atoms with Gasteiger partial charge >= 0.3 is 0 Å². The minimum Gasteiger partial charge on any atom is -0.489 e. The van der Waals surface area contributed by atoms with Crippen LogP contribution >= 0.6 is 0 Å². The zero-order valence-electron chi connectivity index (χ0n) is 18.3. The molecule has 1 N–H and O–H groups in total. The van der Waals surface area contributed by atoms with Crippen molar-refractivity contribution >= 4 is 5.91 Å². The first kappa shape index (κ1) is 22.1. The van der Waals surface area contributed by atoms with E-state index in [0.717, 1.165) is 56.1 Å². The SMILES string of the molecule is O=C(NCCc1ccc(OCc2ccccc2)cc1)c1cccc(CN2CCOCC2)c1. The molecule has 1 fully saturated rings. The van der Waals surface area contributed by atoms with Gasteiger partial charge in [-0.05, 0) is 47.4 Å². The number of hydrogen-bond acceptors (Lipinski definition) is 4. The molecule has 0 unspecified atom stereocenters. The summed E-state index contributed by atoms with van der Waals surface area (Å²) in [7, 11) is 0. The van der Waals surface area contributed by atoms with Gasteiger partial charge < -0.3 is 14.8 Å². The van der Waals surface area contributed by atoms with Crippen molar-refractivity contribution in [3.63, 3.8) is 0 Å². The van der Waals surface area contributed by atoms with Gasteiger partial charge in [-0.25, -0.2) is 0 Å². The fourth-order valence-electron chi connectivity index (χ4n) is 3.74. The smallest absolute Gasteiger partial charge is 0.251 e. The second-order valence-electron chi connectivity index (χ2n) is 8.01. The molecule has 0 spiro atoms. The van der Waals surface area contributed by atoms with Crippen molar-refractivity contribution in [1.29, 1.82) is 0 Å². The van der Waals surface area contributed by atoms with E-state index >= 15 is 0 Å². The first-order valence-corrected chi connectivity index (χ1v) is 11.2. The summed E-state index contributed by atoms with van der Waals surface area (Å²) in [6, 6.07) is 26.1. The van der Waals surface area contributed by atoms with Crippen molar-refractivity contribution in [2.75, 3.05) is 32.8 Å². The Kier molecular flexibility index (Phi) is 7.90. The van der Waals surface area contributed by atoms with Crippen molar-refractivity contribution in [3.8, 4) is 5.75 Å². The number of carbonyl (C=O) groups is 1. The quantitative estimate of drug-likeness (QED) is 0.556. The van der Waals surface area contributed by atoms with Crippen LogP contribution in [-0.4, -0.2) is 43.7 Å². The lowest BCUT2D eigenvalue weighted by atomic mass is 10.1. The zero-order valence-corrected chi connectivity index (χ0v) is 18.3. The molecule has 0 radical (unpaired) electrons. The summed E-state index contributed by atoms with van der Waals surface area (Å²) in [5.74, 6) is 0.815. The summed E-state index contributed by atoms with van der Waals surface area (Å²) in [6.45, 7) is 5.43. The first-order valence-electron chi connectivity index (χ1n) is 11.2. The zero-order chi connectivity index (χ0) is 22.0. The van der Waals surface area contributed by atoms with Gasteiger partial charge in [0.1, 0.15) is 12.4 Å². The van der Waals surface area contributed by atoms with Gasteiger partial charge in [0.05, 0.1) is 13.2 Å². The summed E-state index contributed by atoms with van der Waals surface area (Å²) in [6.07, 6.45) is 0.776. The molecule has 1 amide bonds. The molecule has 1 aliphatic rings. The van der Waals surface area contributed by atoms with Crippen LogP contribution in [0.4, 0.5) is 0 Å². The molecular weight excluding hydrogens is 400 g/mol. The lowest BCUT2D eigenvalue weighted by Crippen LogP contribution is -2.35. The van der Waals surface area contributed by atoms with Crippen molar-refractivity contribution in [1.82, 2.24) is 10.2 Å². The molecule has 0 bridgehead atoms. The maximum atomic E-state index is 12.6. The van der Waals surface area contributed by atoms with Crippen LogP contribution in [0.1, 0.15) is 27.0 Å². The third-order valence-corrected chi connectivity index (χ3v) is 5.57. The van der Waals surface area contributed by atoms with Gasteiger partial charge in [0.2, 0.25) is 0 Å². The molecule has 4 rings (SSSR count). The Hall–Kier alpha value is -3.15. The third-order valence-electron chi connectivity index (χ3n) is 5.57. The maximum Gasteiger partial charge on any atom is 0.251 e. The van der Waals surface area contributed by atoms with Crippen LogP contribution in [0, 0.1) is 0 Å². The highest BCUT2D eigenvalue weighted by atomic mass is 16.5. The minimum atomic E-state index is -0.0309. The largest absolute Gasteiger partial charge is 0.489 e. The van der Waals surface area contributed by atoms with E-state index in [1.54, 1.807) is 0 Å². The molecular formula is C27H30N2O3. The van der Waals surface area contributed by atoms with E-state index in [4.69, 9.17) is 9.47 Å². The van der Waals surface area contributed by atoms with Gasteiger partial charge in [0, 0.05) is 31.7 Å². The number of nitrogens with one attached hydrogen (secondary N) is 1. The molecule has 166 valence electrons. The van der Waals surface area contributed by atoms with Crippen molar-refractivity contribution in [2.45, 2.75) is 19.6 Å². The van der Waals surface area contributed by atoms with Gasteiger partial charge in [-0.1, -0.05) is 54.6 Å². The Balaban J connectivity index is 1.21. The molecule has 3 aromatic rings. The Morgan fingerprint density at radius 3 is 2.41 bits per heavy atom. The highest BCUT2D eigenvalue weighted by Crippen LogP contribution is 2.15. The van der Waals surface area contributed by atoms with Crippen LogP contribution in [0.2, 0.25) is 0 Å². The second kappa shape index (κ2) is 11.5. The average Bonchev–Trinajstić information content (AvgIpc) is 2.85. The van der Waals surface area contributed by atoms with Crippen molar-refractivity contribution < 1.29 is 14.3 Å². The number of nitrogens with zero attached hydrogens (tertiary/aromatic N) is 1. The van der Waals surface area contributed by atoms with E-state index in [0.29, 0.717) is 18.7 Å². The van der Waals surface area contributed by atoms with E-state index in [9.17, 15) is 4.79 Å². The number of amides is 1. The lowest BCUT2D eigenvalue weighted by molar-refractivity contribution is 0.0342. The van der Waals surface area contributed by atoms with Gasteiger partial charge in [-0.15, -0.1) is 0 Å². The molecule has 3 aromatic carbocycles. The summed E-state index contributed by atoms with van der Waals surface area (Å²) < 4.78 is 11.2. The van der Waals surface area contributed by atoms with Gasteiger partial charge in [0.15, 0.2) is 0 Å². The van der Waals surface area contributed by atoms with E-state index in [-0.39, 0.29) is 5.91 Å². The molecule has 0 aliphatic carbocycles. The first-order chi connectivity index (χ1) is 15.8. The van der Waals surface area contributed by atoms with Crippen LogP contribution in [0.25, 0.3) is 0 Å². The second-order valence-corrected chi connectivity index (χ2v) is 8.01. The molecule has 32 heavy (non-hydrogen) atoms. The molecule has 1 heterocycles. The Bertz CT molecular complexity index is 983. The monoisotopic (exact) mass is 430 g/mol. The van der Waals surface area contributed by atoms with Crippen LogP contribution in [0.3, 0.4) is 0 Å². The number of carbonyl (C=O) groups excluding carboxylic acids is 1. The molecule has 1 saturated heterocycles. The molecule has 0 saturated carbocycles. The van der Waals surface area contributed by atoms with Gasteiger partial charge in [0.25, 0.3) is 5.91 Å². The minimum absolute atomic E-state index is 0.0309. The number of morpholine rings is 1. The normalized spacial score (nSPS) is 14.1. The van der Waals surface area contributed by atoms with Gasteiger partial charge in [-0.2, -0.15) is 0 Å². The number of benzene rings is 3. The Labute approximate surface area is 190 Å². The molecule has 5 nitrogen and oxygen atoms in total. The molecule has 1 aliphatic heterocycles. The topological polar surface area (TPSA) is 50.8 Å². The highest BCUT2D eigenvalue weighted by molar-refractivity contribution is 5.94. The maximum absolute atomic E-state index is 12.6. The van der Waals surface area contributed by atoms with Crippen LogP contribution in [0.5, 0.6) is 5.75 Å². The summed E-state index contributed by atoms with van der Waals surface area (Å²) in [5, 5.41) is 3.04. The Morgan fingerprint density at radius 2 is 1.62 bits per heavy atom.